The molecule has 2 saturated heterocycles. The third kappa shape index (κ3) is 33.1. The average molecular weight is 1520 g/mol. The van der Waals surface area contributed by atoms with Crippen LogP contribution in [0.1, 0.15) is 198 Å². The van der Waals surface area contributed by atoms with Gasteiger partial charge >= 0.3 is 0 Å². The van der Waals surface area contributed by atoms with E-state index >= 15 is 4.79 Å². The molecule has 1 aromatic carbocycles. The zero-order valence-electron chi connectivity index (χ0n) is 65.8. The largest absolute Gasteiger partial charge is 0.508 e. The SMILES string of the molecule is CC(C)C[C@@H]1NC(=O)CNC(=O)CNC(=O)[C@H](C(C)C)NC(=O)[C@H](CCCCN)NC(=O)[C@H](CC(C)C)NC(=O)[C@H](CCCCN)NC(=O)[C@H](C(C)C)NC(=O)[C@@H]2CCCN2C(=O)[C@@H](Cc2ccc(O)cc2)NC(=O)[C@H](CC(C)C)NC(=O)[C@H](CCCCN)NC(=O)[C@H](C(C)C)NC(=O)[C@H](CCCCN)NC1=O. The van der Waals surface area contributed by atoms with E-state index in [-0.39, 0.29) is 114 Å². The second kappa shape index (κ2) is 48.8. The third-order valence-electron chi connectivity index (χ3n) is 18.8. The number of nitrogens with zero attached hydrogens (tertiary/aromatic N) is 1. The van der Waals surface area contributed by atoms with Crippen LogP contribution in [0, 0.1) is 35.5 Å². The van der Waals surface area contributed by atoms with Crippen molar-refractivity contribution in [3.63, 3.8) is 0 Å². The molecule has 610 valence electrons. The molecule has 3 rings (SSSR count). The molecule has 2 heterocycles. The highest BCUT2D eigenvalue weighted by molar-refractivity contribution is 6.00. The second-order valence-electron chi connectivity index (χ2n) is 30.8. The minimum atomic E-state index is -1.39. The molecule has 108 heavy (non-hydrogen) atoms. The van der Waals surface area contributed by atoms with E-state index in [4.69, 9.17) is 22.9 Å². The number of hydrogen-bond donors (Lipinski definition) is 18. The number of hydrogen-bond acceptors (Lipinski definition) is 19. The van der Waals surface area contributed by atoms with Crippen LogP contribution in [-0.2, 0) is 73.5 Å². The van der Waals surface area contributed by atoms with Crippen LogP contribution in [0.3, 0.4) is 0 Å². The summed E-state index contributed by atoms with van der Waals surface area (Å²) in [5.41, 5.74) is 24.0. The molecule has 0 radical (unpaired) electrons. The van der Waals surface area contributed by atoms with Crippen LogP contribution >= 0.6 is 0 Å². The van der Waals surface area contributed by atoms with E-state index in [1.807, 2.05) is 27.7 Å². The van der Waals surface area contributed by atoms with E-state index in [1.165, 1.54) is 17.0 Å². The molecule has 0 aromatic heterocycles. The highest BCUT2D eigenvalue weighted by Crippen LogP contribution is 2.23. The van der Waals surface area contributed by atoms with Crippen molar-refractivity contribution in [2.24, 2.45) is 58.4 Å². The summed E-state index contributed by atoms with van der Waals surface area (Å²) < 4.78 is 0. The zero-order chi connectivity index (χ0) is 80.9. The molecule has 0 bridgehead atoms. The Morgan fingerprint density at radius 3 is 1.05 bits per heavy atom. The molecule has 2 aliphatic rings. The quantitative estimate of drug-likeness (QED) is 0.0476. The zero-order valence-corrected chi connectivity index (χ0v) is 65.8. The lowest BCUT2D eigenvalue weighted by molar-refractivity contribution is -0.143. The Bertz CT molecular complexity index is 3100. The predicted octanol–water partition coefficient (Wildman–Crippen LogP) is -0.873. The number of benzene rings is 1. The number of nitrogens with one attached hydrogen (secondary N) is 13. The smallest absolute Gasteiger partial charge is 0.246 e. The van der Waals surface area contributed by atoms with Gasteiger partial charge in [-0.25, -0.2) is 0 Å². The molecule has 1 aromatic rings. The van der Waals surface area contributed by atoms with Crippen molar-refractivity contribution < 1.29 is 72.2 Å². The van der Waals surface area contributed by atoms with Gasteiger partial charge in [-0.1, -0.05) is 95.2 Å². The molecule has 0 saturated carbocycles. The van der Waals surface area contributed by atoms with Crippen molar-refractivity contribution in [2.75, 3.05) is 45.8 Å². The van der Waals surface area contributed by atoms with Gasteiger partial charge in [-0.15, -0.1) is 0 Å². The van der Waals surface area contributed by atoms with Gasteiger partial charge in [-0.05, 0) is 189 Å². The van der Waals surface area contributed by atoms with Crippen molar-refractivity contribution in [3.05, 3.63) is 29.8 Å². The van der Waals surface area contributed by atoms with Crippen molar-refractivity contribution >= 4 is 82.7 Å². The fourth-order valence-electron chi connectivity index (χ4n) is 12.7. The van der Waals surface area contributed by atoms with Gasteiger partial charge in [-0.3, -0.25) is 67.1 Å². The molecule has 0 aliphatic carbocycles. The molecule has 14 amide bonds. The summed E-state index contributed by atoms with van der Waals surface area (Å²) in [5.74, 6) is -13.2. The number of phenolic OH excluding ortho intramolecular Hbond substituents is 1. The maximum absolute atomic E-state index is 15.2. The van der Waals surface area contributed by atoms with Crippen molar-refractivity contribution in [2.45, 2.75) is 271 Å². The maximum atomic E-state index is 15.2. The van der Waals surface area contributed by atoms with Gasteiger partial charge in [-0.2, -0.15) is 0 Å². The summed E-state index contributed by atoms with van der Waals surface area (Å²) in [5, 5.41) is 45.7. The number of carbonyl (C=O) groups is 14. The average Bonchev–Trinajstić information content (AvgIpc) is 1.61. The first kappa shape index (κ1) is 93.6. The fraction of sp³-hybridized carbons (Fsp3) is 0.733. The van der Waals surface area contributed by atoms with Gasteiger partial charge in [0.1, 0.15) is 78.3 Å². The number of nitrogens with two attached hydrogens (primary N) is 4. The van der Waals surface area contributed by atoms with Gasteiger partial charge < -0.3 is 102 Å². The monoisotopic (exact) mass is 1520 g/mol. The van der Waals surface area contributed by atoms with E-state index in [0.29, 0.717) is 63.4 Å². The lowest BCUT2D eigenvalue weighted by atomic mass is 9.98. The van der Waals surface area contributed by atoms with Crippen LogP contribution in [0.2, 0.25) is 0 Å². The van der Waals surface area contributed by atoms with Gasteiger partial charge in [0.05, 0.1) is 13.1 Å². The molecular weight excluding hydrogens is 1390 g/mol. The fourth-order valence-corrected chi connectivity index (χ4v) is 12.7. The number of phenols is 1. The Kier molecular flexibility index (Phi) is 42.3. The van der Waals surface area contributed by atoms with Crippen LogP contribution in [0.4, 0.5) is 0 Å². The van der Waals surface area contributed by atoms with Crippen LogP contribution in [0.5, 0.6) is 5.75 Å². The molecule has 12 atom stereocenters. The molecule has 2 aliphatic heterocycles. The summed E-state index contributed by atoms with van der Waals surface area (Å²) in [6.45, 7) is 20.6. The lowest BCUT2D eigenvalue weighted by Crippen LogP contribution is -2.61. The van der Waals surface area contributed by atoms with Gasteiger partial charge in [0.25, 0.3) is 0 Å². The number of rotatable bonds is 27. The first-order valence-electron chi connectivity index (χ1n) is 38.8. The first-order valence-corrected chi connectivity index (χ1v) is 38.8. The number of carbonyl (C=O) groups excluding carboxylic acids is 14. The van der Waals surface area contributed by atoms with Crippen molar-refractivity contribution in [3.8, 4) is 5.75 Å². The van der Waals surface area contributed by atoms with E-state index < -0.39 is 186 Å². The minimum Gasteiger partial charge on any atom is -0.508 e. The molecule has 22 N–H and O–H groups in total. The summed E-state index contributed by atoms with van der Waals surface area (Å²) >= 11 is 0. The number of aromatic hydroxyl groups is 1. The Morgan fingerprint density at radius 1 is 0.361 bits per heavy atom. The Hall–Kier alpha value is -8.56. The first-order chi connectivity index (χ1) is 51.0. The van der Waals surface area contributed by atoms with Gasteiger partial charge in [0.2, 0.25) is 82.7 Å². The Balaban J connectivity index is 2.24. The summed E-state index contributed by atoms with van der Waals surface area (Å²) in [7, 11) is 0. The maximum Gasteiger partial charge on any atom is 0.246 e. The Labute approximate surface area is 637 Å². The van der Waals surface area contributed by atoms with Crippen molar-refractivity contribution in [1.82, 2.24) is 74.0 Å². The standard InChI is InChI=1S/C75H130N18O15/c1-42(2)36-54-68(101)83-53(25-16-20-34-79)67(100)91-62(46(9)10)73(106)85-50(22-13-17-31-76)65(98)88-56(38-44(5)6)70(103)89-57(39-48-27-29-49(94)30-28-48)75(108)93-35-21-26-58(93)71(104)92-63(47(11)12)74(107)86-51(23-14-18-32-77)64(97)87-55(37-43(3)4)69(102)84-52(24-15-19-33-78)66(99)90-61(45(7)8)72(105)81-40-59(95)80-41-60(96)82-54/h27-30,42-47,50-58,61-63,94H,13-26,31-41,76-79H2,1-12H3,(H,80,95)(H,81,105)(H,82,96)(H,83,101)(H,84,102)(H,85,106)(H,86,107)(H,87,97)(H,88,98)(H,89,103)(H,90,99)(H,91,100)(H,92,104)/t50-,51-,52-,53-,54-,55-,56-,57+,58-,61-,62-,63-/m0/s1. The van der Waals surface area contributed by atoms with Crippen LogP contribution in [0.25, 0.3) is 0 Å². The van der Waals surface area contributed by atoms with Crippen LogP contribution in [-0.4, -0.2) is 211 Å². The summed E-state index contributed by atoms with van der Waals surface area (Å²) in [6.07, 6.45) is 3.87. The van der Waals surface area contributed by atoms with E-state index in [1.54, 1.807) is 67.5 Å². The van der Waals surface area contributed by atoms with E-state index in [0.717, 1.165) is 0 Å². The lowest BCUT2D eigenvalue weighted by Gasteiger charge is -2.32. The second-order valence-corrected chi connectivity index (χ2v) is 30.8. The van der Waals surface area contributed by atoms with Crippen LogP contribution in [0.15, 0.2) is 24.3 Å². The highest BCUT2D eigenvalue weighted by Gasteiger charge is 2.42. The molecular formula is C75H130N18O15. The van der Waals surface area contributed by atoms with Gasteiger partial charge in [0.15, 0.2) is 0 Å². The topological polar surface area (TPSA) is 523 Å². The molecule has 0 unspecified atom stereocenters. The normalized spacial score (nSPS) is 25.1. The van der Waals surface area contributed by atoms with Crippen molar-refractivity contribution in [1.29, 1.82) is 0 Å². The summed E-state index contributed by atoms with van der Waals surface area (Å²) in [6, 6.07) is -9.51. The molecule has 0 spiro atoms. The van der Waals surface area contributed by atoms with E-state index in [2.05, 4.69) is 69.1 Å². The summed E-state index contributed by atoms with van der Waals surface area (Å²) in [4.78, 5) is 203. The predicted molar refractivity (Wildman–Crippen MR) is 408 cm³/mol. The highest BCUT2D eigenvalue weighted by atomic mass is 16.3. The number of amides is 14. The Morgan fingerprint density at radius 2 is 0.676 bits per heavy atom. The van der Waals surface area contributed by atoms with E-state index in [9.17, 15) is 67.4 Å². The molecule has 33 heteroatoms. The van der Waals surface area contributed by atoms with Gasteiger partial charge in [0, 0.05) is 13.0 Å². The minimum absolute atomic E-state index is 0.0323. The molecule has 2 fully saturated rings. The van der Waals surface area contributed by atoms with Crippen LogP contribution < -0.4 is 92.1 Å². The number of unbranched alkanes of at least 4 members (excludes halogenated alkanes) is 4. The number of fused-ring (bicyclic) bond motifs is 1. The molecule has 33 nitrogen and oxygen atoms in total. The third-order valence-corrected chi connectivity index (χ3v) is 18.8.